The van der Waals surface area contributed by atoms with E-state index in [9.17, 15) is 0 Å². The fraction of sp³-hybridized carbons (Fsp3) is 0.174. The minimum Gasteiger partial charge on any atom is -0.374 e. The summed E-state index contributed by atoms with van der Waals surface area (Å²) in [5, 5.41) is 5.36. The topological polar surface area (TPSA) is 66.0 Å². The fourth-order valence-corrected chi connectivity index (χ4v) is 3.57. The molecule has 0 spiro atoms. The Balaban J connectivity index is 1.61. The second kappa shape index (κ2) is 7.48. The van der Waals surface area contributed by atoms with Gasteiger partial charge in [0.25, 0.3) is 0 Å². The average molecular weight is 384 g/mol. The Kier molecular flexibility index (Phi) is 4.54. The number of imidazole rings is 1. The van der Waals surface area contributed by atoms with Gasteiger partial charge in [-0.1, -0.05) is 53.7 Å². The van der Waals surface area contributed by atoms with E-state index in [1.165, 1.54) is 0 Å². The van der Waals surface area contributed by atoms with E-state index < -0.39 is 0 Å². The first kappa shape index (κ1) is 17.6. The highest BCUT2D eigenvalue weighted by atomic mass is 16.5. The monoisotopic (exact) mass is 384 g/mol. The van der Waals surface area contributed by atoms with E-state index in [4.69, 9.17) is 14.2 Å². The second-order valence-corrected chi connectivity index (χ2v) is 6.81. The molecule has 0 unspecified atom stereocenters. The van der Waals surface area contributed by atoms with Crippen LogP contribution in [0, 0.1) is 0 Å². The lowest BCUT2D eigenvalue weighted by Crippen LogP contribution is -2.07. The lowest BCUT2D eigenvalue weighted by molar-refractivity contribution is 0.126. The van der Waals surface area contributed by atoms with Crippen molar-refractivity contribution < 1.29 is 9.26 Å². The van der Waals surface area contributed by atoms with Crippen LogP contribution in [0.25, 0.3) is 33.3 Å². The van der Waals surface area contributed by atoms with Gasteiger partial charge in [0.1, 0.15) is 23.6 Å². The molecule has 0 aliphatic rings. The number of fused-ring (bicyclic) bond motifs is 3. The van der Waals surface area contributed by atoms with Gasteiger partial charge in [0.05, 0.1) is 23.8 Å². The number of nitrogens with zero attached hydrogens (tertiary/aromatic N) is 4. The molecule has 6 heteroatoms. The number of para-hydroxylation sites is 1. The molecule has 0 fully saturated rings. The maximum Gasteiger partial charge on any atom is 0.167 e. The van der Waals surface area contributed by atoms with Crippen molar-refractivity contribution in [2.75, 3.05) is 6.61 Å². The first-order valence-electron chi connectivity index (χ1n) is 9.65. The molecule has 3 aromatic heterocycles. The number of pyridine rings is 1. The van der Waals surface area contributed by atoms with Gasteiger partial charge in [0.15, 0.2) is 5.76 Å². The molecule has 0 saturated heterocycles. The summed E-state index contributed by atoms with van der Waals surface area (Å²) in [5.41, 5.74) is 4.67. The van der Waals surface area contributed by atoms with Crippen LogP contribution in [0.3, 0.4) is 0 Å². The normalized spacial score (nSPS) is 11.5. The Morgan fingerprint density at radius 3 is 2.69 bits per heavy atom. The van der Waals surface area contributed by atoms with E-state index in [2.05, 4.69) is 20.8 Å². The Morgan fingerprint density at radius 2 is 1.83 bits per heavy atom. The average Bonchev–Trinajstić information content (AvgIpc) is 3.38. The van der Waals surface area contributed by atoms with E-state index in [0.717, 1.165) is 44.8 Å². The molecule has 5 rings (SSSR count). The van der Waals surface area contributed by atoms with Crippen LogP contribution in [0.5, 0.6) is 0 Å². The van der Waals surface area contributed by atoms with Crippen molar-refractivity contribution in [1.29, 1.82) is 0 Å². The molecule has 0 bridgehead atoms. The van der Waals surface area contributed by atoms with Gasteiger partial charge in [-0.05, 0) is 13.0 Å². The van der Waals surface area contributed by atoms with Gasteiger partial charge in [0, 0.05) is 23.6 Å². The highest BCUT2D eigenvalue weighted by molar-refractivity contribution is 6.02. The number of hydrogen-bond acceptors (Lipinski definition) is 5. The van der Waals surface area contributed by atoms with Gasteiger partial charge in [-0.3, -0.25) is 4.98 Å². The van der Waals surface area contributed by atoms with Gasteiger partial charge in [-0.15, -0.1) is 0 Å². The molecule has 6 nitrogen and oxygen atoms in total. The molecular formula is C23H20N4O2. The van der Waals surface area contributed by atoms with Crippen molar-refractivity contribution >= 4 is 21.9 Å². The van der Waals surface area contributed by atoms with Gasteiger partial charge in [0.2, 0.25) is 0 Å². The van der Waals surface area contributed by atoms with E-state index in [1.807, 2.05) is 67.7 Å². The fourth-order valence-electron chi connectivity index (χ4n) is 3.57. The number of hydrogen-bond donors (Lipinski definition) is 0. The van der Waals surface area contributed by atoms with Crippen LogP contribution >= 0.6 is 0 Å². The summed E-state index contributed by atoms with van der Waals surface area (Å²) in [4.78, 5) is 9.32. The summed E-state index contributed by atoms with van der Waals surface area (Å²) < 4.78 is 13.4. The third-order valence-electron chi connectivity index (χ3n) is 4.93. The van der Waals surface area contributed by atoms with Crippen LogP contribution in [0.1, 0.15) is 18.4 Å². The smallest absolute Gasteiger partial charge is 0.167 e. The molecule has 0 saturated carbocycles. The Hall–Kier alpha value is -3.51. The van der Waals surface area contributed by atoms with Crippen LogP contribution in [-0.4, -0.2) is 26.3 Å². The molecule has 3 heterocycles. The van der Waals surface area contributed by atoms with Gasteiger partial charge in [-0.2, -0.15) is 0 Å². The summed E-state index contributed by atoms with van der Waals surface area (Å²) in [6.07, 6.45) is 1.82. The Bertz CT molecular complexity index is 1270. The van der Waals surface area contributed by atoms with E-state index in [-0.39, 0.29) is 0 Å². The zero-order valence-electron chi connectivity index (χ0n) is 16.1. The zero-order valence-corrected chi connectivity index (χ0v) is 16.1. The summed E-state index contributed by atoms with van der Waals surface area (Å²) in [5.74, 6) is 1.60. The van der Waals surface area contributed by atoms with Crippen molar-refractivity contribution in [3.05, 3.63) is 78.4 Å². The minimum atomic E-state index is 0.433. The Labute approximate surface area is 167 Å². The number of benzene rings is 2. The number of rotatable bonds is 6. The summed E-state index contributed by atoms with van der Waals surface area (Å²) >= 11 is 0. The highest BCUT2D eigenvalue weighted by Crippen LogP contribution is 2.27. The van der Waals surface area contributed by atoms with E-state index in [1.54, 1.807) is 0 Å². The molecule has 0 aliphatic heterocycles. The summed E-state index contributed by atoms with van der Waals surface area (Å²) in [7, 11) is 0. The predicted octanol–water partition coefficient (Wildman–Crippen LogP) is 4.82. The highest BCUT2D eigenvalue weighted by Gasteiger charge is 2.16. The van der Waals surface area contributed by atoms with Crippen LogP contribution in [0.15, 0.2) is 71.4 Å². The van der Waals surface area contributed by atoms with Crippen molar-refractivity contribution in [2.45, 2.75) is 20.1 Å². The molecular weight excluding hydrogens is 364 g/mol. The lowest BCUT2D eigenvalue weighted by Gasteiger charge is -2.08. The first-order valence-corrected chi connectivity index (χ1v) is 9.65. The zero-order chi connectivity index (χ0) is 19.6. The molecule has 5 aromatic rings. The molecule has 0 aliphatic carbocycles. The quantitative estimate of drug-likeness (QED) is 0.420. The minimum absolute atomic E-state index is 0.433. The maximum atomic E-state index is 5.67. The number of aromatic nitrogens is 4. The van der Waals surface area contributed by atoms with E-state index in [0.29, 0.717) is 19.8 Å². The SMILES string of the molecule is CCOCc1nc2cnc3ccccc3c2n1Cc1cc(-c2ccccc2)on1. The van der Waals surface area contributed by atoms with Gasteiger partial charge < -0.3 is 13.8 Å². The van der Waals surface area contributed by atoms with Crippen LogP contribution in [-0.2, 0) is 17.9 Å². The molecule has 144 valence electrons. The number of ether oxygens (including phenoxy) is 1. The van der Waals surface area contributed by atoms with Crippen molar-refractivity contribution in [3.63, 3.8) is 0 Å². The van der Waals surface area contributed by atoms with Gasteiger partial charge in [-0.25, -0.2) is 4.98 Å². The molecule has 0 radical (unpaired) electrons. The molecule has 2 aromatic carbocycles. The molecule has 0 atom stereocenters. The third kappa shape index (κ3) is 3.28. The van der Waals surface area contributed by atoms with Crippen molar-refractivity contribution in [1.82, 2.24) is 19.7 Å². The van der Waals surface area contributed by atoms with E-state index >= 15 is 0 Å². The van der Waals surface area contributed by atoms with Crippen molar-refractivity contribution in [2.24, 2.45) is 0 Å². The Morgan fingerprint density at radius 1 is 1.00 bits per heavy atom. The second-order valence-electron chi connectivity index (χ2n) is 6.81. The predicted molar refractivity (Wildman–Crippen MR) is 111 cm³/mol. The third-order valence-corrected chi connectivity index (χ3v) is 4.93. The van der Waals surface area contributed by atoms with Gasteiger partial charge >= 0.3 is 0 Å². The lowest BCUT2D eigenvalue weighted by atomic mass is 10.1. The first-order chi connectivity index (χ1) is 14.3. The molecule has 29 heavy (non-hydrogen) atoms. The maximum absolute atomic E-state index is 5.67. The van der Waals surface area contributed by atoms with Crippen LogP contribution in [0.2, 0.25) is 0 Å². The van der Waals surface area contributed by atoms with Crippen LogP contribution in [0.4, 0.5) is 0 Å². The molecule has 0 amide bonds. The van der Waals surface area contributed by atoms with Crippen LogP contribution < -0.4 is 0 Å². The standard InChI is InChI=1S/C23H20N4O2/c1-2-28-15-22-25-20-13-24-19-11-7-6-10-18(19)23(20)27(22)14-17-12-21(29-26-17)16-8-4-3-5-9-16/h3-13H,2,14-15H2,1H3. The van der Waals surface area contributed by atoms with Crippen molar-refractivity contribution in [3.8, 4) is 11.3 Å². The summed E-state index contributed by atoms with van der Waals surface area (Å²) in [6.45, 7) is 3.59. The summed E-state index contributed by atoms with van der Waals surface area (Å²) in [6, 6.07) is 20.1. The largest absolute Gasteiger partial charge is 0.374 e. The molecule has 0 N–H and O–H groups in total.